The summed E-state index contributed by atoms with van der Waals surface area (Å²) in [7, 11) is 1.29. The number of nitrogens with one attached hydrogen (secondary N) is 3. The number of methoxy groups -OCH3 is 1. The van der Waals surface area contributed by atoms with Gasteiger partial charge in [-0.15, -0.1) is 0 Å². The Labute approximate surface area is 249 Å². The summed E-state index contributed by atoms with van der Waals surface area (Å²) in [4.78, 5) is 48.6. The molecule has 0 aliphatic carbocycles. The van der Waals surface area contributed by atoms with Gasteiger partial charge in [-0.2, -0.15) is 9.97 Å². The van der Waals surface area contributed by atoms with Crippen LogP contribution < -0.4 is 22.1 Å². The summed E-state index contributed by atoms with van der Waals surface area (Å²) >= 11 is 0. The molecule has 4 rings (SSSR count). The Morgan fingerprint density at radius 1 is 1.00 bits per heavy atom. The van der Waals surface area contributed by atoms with Crippen molar-refractivity contribution in [3.05, 3.63) is 77.0 Å². The second kappa shape index (κ2) is 14.7. The molecule has 2 aromatic carbocycles. The normalized spacial score (nSPS) is 11.6. The highest BCUT2D eigenvalue weighted by molar-refractivity contribution is 5.96. The van der Waals surface area contributed by atoms with E-state index in [1.807, 2.05) is 24.4 Å². The van der Waals surface area contributed by atoms with Crippen LogP contribution >= 0.6 is 0 Å². The topological polar surface area (TPSA) is 187 Å². The SMILES string of the molecule is CCOC(=O)c1cccc(NCCC[C@H](NC(=O)c2ccc(CCCc3c[nH]c4nc(N)nc(N)c34)cc2)C(=O)OC)c1. The number of ether oxygens (including phenoxy) is 2. The lowest BCUT2D eigenvalue weighted by Crippen LogP contribution is -2.41. The number of amides is 1. The van der Waals surface area contributed by atoms with Crippen molar-refractivity contribution in [1.29, 1.82) is 0 Å². The summed E-state index contributed by atoms with van der Waals surface area (Å²) in [5, 5.41) is 6.81. The third kappa shape index (κ3) is 8.22. The van der Waals surface area contributed by atoms with Crippen molar-refractivity contribution in [3.63, 3.8) is 0 Å². The van der Waals surface area contributed by atoms with E-state index in [9.17, 15) is 14.4 Å². The number of esters is 2. The van der Waals surface area contributed by atoms with Gasteiger partial charge in [0, 0.05) is 24.0 Å². The third-order valence-corrected chi connectivity index (χ3v) is 6.95. The van der Waals surface area contributed by atoms with Crippen LogP contribution in [0.3, 0.4) is 0 Å². The van der Waals surface area contributed by atoms with Crippen molar-refractivity contribution >= 4 is 46.3 Å². The van der Waals surface area contributed by atoms with Gasteiger partial charge < -0.3 is 36.6 Å². The maximum Gasteiger partial charge on any atom is 0.338 e. The average molecular weight is 588 g/mol. The van der Waals surface area contributed by atoms with E-state index in [4.69, 9.17) is 20.9 Å². The minimum Gasteiger partial charge on any atom is -0.467 e. The zero-order valence-electron chi connectivity index (χ0n) is 24.3. The smallest absolute Gasteiger partial charge is 0.338 e. The Bertz CT molecular complexity index is 1570. The van der Waals surface area contributed by atoms with E-state index in [1.54, 1.807) is 37.3 Å². The molecule has 1 amide bonds. The van der Waals surface area contributed by atoms with Gasteiger partial charge in [0.25, 0.3) is 5.91 Å². The van der Waals surface area contributed by atoms with Gasteiger partial charge in [-0.05, 0) is 80.5 Å². The minimum atomic E-state index is -0.798. The van der Waals surface area contributed by atoms with Crippen LogP contribution in [0.1, 0.15) is 58.0 Å². The molecule has 0 spiro atoms. The first-order valence-corrected chi connectivity index (χ1v) is 14.2. The highest BCUT2D eigenvalue weighted by atomic mass is 16.5. The molecule has 12 heteroatoms. The highest BCUT2D eigenvalue weighted by Crippen LogP contribution is 2.24. The predicted octanol–water partition coefficient (Wildman–Crippen LogP) is 3.64. The van der Waals surface area contributed by atoms with Gasteiger partial charge in [0.1, 0.15) is 17.5 Å². The summed E-state index contributed by atoms with van der Waals surface area (Å²) in [6.07, 6.45) is 5.24. The molecule has 0 aliphatic rings. The number of aromatic amines is 1. The fourth-order valence-electron chi connectivity index (χ4n) is 4.79. The molecule has 4 aromatic rings. The minimum absolute atomic E-state index is 0.132. The van der Waals surface area contributed by atoms with E-state index in [1.165, 1.54) is 7.11 Å². The highest BCUT2D eigenvalue weighted by Gasteiger charge is 2.22. The number of aryl methyl sites for hydroxylation is 2. The van der Waals surface area contributed by atoms with Crippen molar-refractivity contribution in [3.8, 4) is 0 Å². The van der Waals surface area contributed by atoms with E-state index in [2.05, 4.69) is 25.6 Å². The van der Waals surface area contributed by atoms with Crippen LogP contribution in [-0.2, 0) is 27.1 Å². The van der Waals surface area contributed by atoms with Crippen molar-refractivity contribution in [1.82, 2.24) is 20.3 Å². The quantitative estimate of drug-likeness (QED) is 0.108. The van der Waals surface area contributed by atoms with Crippen LogP contribution in [0.5, 0.6) is 0 Å². The van der Waals surface area contributed by atoms with Crippen molar-refractivity contribution in [2.24, 2.45) is 0 Å². The molecule has 0 unspecified atom stereocenters. The zero-order chi connectivity index (χ0) is 30.8. The number of H-pyrrole nitrogens is 1. The monoisotopic (exact) mass is 587 g/mol. The van der Waals surface area contributed by atoms with Crippen LogP contribution in [0, 0.1) is 0 Å². The Balaban J connectivity index is 1.26. The molecule has 7 N–H and O–H groups in total. The number of carbonyl (C=O) groups excluding carboxylic acids is 3. The van der Waals surface area contributed by atoms with Gasteiger partial charge in [0.15, 0.2) is 0 Å². The molecule has 0 fully saturated rings. The second-order valence-electron chi connectivity index (χ2n) is 9.97. The van der Waals surface area contributed by atoms with Crippen LogP contribution in [0.4, 0.5) is 17.5 Å². The van der Waals surface area contributed by atoms with Gasteiger partial charge in [-0.3, -0.25) is 4.79 Å². The molecule has 2 aromatic heterocycles. The van der Waals surface area contributed by atoms with Crippen LogP contribution in [-0.4, -0.2) is 59.1 Å². The molecule has 226 valence electrons. The number of nitrogens with zero attached hydrogens (tertiary/aromatic N) is 2. The Morgan fingerprint density at radius 3 is 2.53 bits per heavy atom. The lowest BCUT2D eigenvalue weighted by Gasteiger charge is -2.17. The number of nitrogens with two attached hydrogens (primary N) is 2. The number of anilines is 3. The zero-order valence-corrected chi connectivity index (χ0v) is 24.3. The molecular formula is C31H37N7O5. The maximum absolute atomic E-state index is 12.9. The molecule has 2 heterocycles. The average Bonchev–Trinajstić information content (AvgIpc) is 3.41. The number of nitrogen functional groups attached to an aromatic ring is 2. The Morgan fingerprint density at radius 2 is 1.79 bits per heavy atom. The number of fused-ring (bicyclic) bond motifs is 1. The van der Waals surface area contributed by atoms with Crippen LogP contribution in [0.25, 0.3) is 11.0 Å². The van der Waals surface area contributed by atoms with E-state index in [-0.39, 0.29) is 17.8 Å². The van der Waals surface area contributed by atoms with E-state index in [0.717, 1.165) is 41.5 Å². The van der Waals surface area contributed by atoms with E-state index >= 15 is 0 Å². The number of carbonyl (C=O) groups is 3. The summed E-state index contributed by atoms with van der Waals surface area (Å²) in [6.45, 7) is 2.58. The Kier molecular flexibility index (Phi) is 10.5. The summed E-state index contributed by atoms with van der Waals surface area (Å²) in [5.74, 6) is -0.763. The molecule has 0 saturated heterocycles. The predicted molar refractivity (Wildman–Crippen MR) is 165 cm³/mol. The van der Waals surface area contributed by atoms with Crippen molar-refractivity contribution in [2.45, 2.75) is 45.1 Å². The van der Waals surface area contributed by atoms with Gasteiger partial charge >= 0.3 is 11.9 Å². The number of hydrogen-bond donors (Lipinski definition) is 5. The van der Waals surface area contributed by atoms with E-state index < -0.39 is 12.0 Å². The number of aromatic nitrogens is 3. The standard InChI is InChI=1S/C31H37N7O5/c1-3-43-29(40)21-8-5-10-23(17-21)34-16-6-11-24(30(41)42-2)36-28(39)20-14-12-19(13-15-20)7-4-9-22-18-35-27-25(22)26(32)37-31(33)38-27/h5,8,10,12-15,17-18,24,34H,3-4,6-7,9,11,16H2,1-2H3,(H,36,39)(H5,32,33,35,37,38)/t24-/m0/s1. The fourth-order valence-corrected chi connectivity index (χ4v) is 4.79. The summed E-state index contributed by atoms with van der Waals surface area (Å²) < 4.78 is 9.95. The first kappa shape index (κ1) is 30.8. The molecule has 43 heavy (non-hydrogen) atoms. The molecule has 0 aliphatic heterocycles. The first-order valence-electron chi connectivity index (χ1n) is 14.2. The van der Waals surface area contributed by atoms with Gasteiger partial charge in [0.2, 0.25) is 5.95 Å². The lowest BCUT2D eigenvalue weighted by atomic mass is 10.0. The molecule has 1 atom stereocenters. The van der Waals surface area contributed by atoms with Gasteiger partial charge in [-0.25, -0.2) is 9.59 Å². The fraction of sp³-hybridized carbons (Fsp3) is 0.323. The van der Waals surface area contributed by atoms with Gasteiger partial charge in [0.05, 0.1) is 24.7 Å². The largest absolute Gasteiger partial charge is 0.467 e. The number of hydrogen-bond acceptors (Lipinski definition) is 10. The number of rotatable bonds is 14. The summed E-state index contributed by atoms with van der Waals surface area (Å²) in [5.41, 5.74) is 16.1. The van der Waals surface area contributed by atoms with Crippen molar-refractivity contribution < 1.29 is 23.9 Å². The first-order chi connectivity index (χ1) is 20.8. The van der Waals surface area contributed by atoms with Crippen LogP contribution in [0.2, 0.25) is 0 Å². The second-order valence-corrected chi connectivity index (χ2v) is 9.97. The van der Waals surface area contributed by atoms with Crippen molar-refractivity contribution in [2.75, 3.05) is 37.0 Å². The third-order valence-electron chi connectivity index (χ3n) is 6.95. The molecule has 0 radical (unpaired) electrons. The van der Waals surface area contributed by atoms with Crippen LogP contribution in [0.15, 0.2) is 54.7 Å². The number of benzene rings is 2. The van der Waals surface area contributed by atoms with E-state index in [0.29, 0.717) is 48.6 Å². The maximum atomic E-state index is 12.9. The molecule has 0 saturated carbocycles. The molecule has 12 nitrogen and oxygen atoms in total. The lowest BCUT2D eigenvalue weighted by molar-refractivity contribution is -0.143. The Hall–Kier alpha value is -5.13. The van der Waals surface area contributed by atoms with Gasteiger partial charge in [-0.1, -0.05) is 18.2 Å². The molecular weight excluding hydrogens is 550 g/mol. The molecule has 0 bridgehead atoms. The summed E-state index contributed by atoms with van der Waals surface area (Å²) in [6, 6.07) is 13.5.